The van der Waals surface area contributed by atoms with Crippen molar-refractivity contribution in [1.29, 1.82) is 0 Å². The zero-order chi connectivity index (χ0) is 21.5. The van der Waals surface area contributed by atoms with E-state index in [1.807, 2.05) is 34.1 Å². The van der Waals surface area contributed by atoms with E-state index in [0.717, 1.165) is 76.0 Å². The van der Waals surface area contributed by atoms with Crippen LogP contribution in [0.4, 0.5) is 0 Å². The van der Waals surface area contributed by atoms with Crippen LogP contribution in [0, 0.1) is 17.8 Å². The second-order valence-corrected chi connectivity index (χ2v) is 9.12. The molecule has 2 aliphatic rings. The third kappa shape index (κ3) is 5.77. The van der Waals surface area contributed by atoms with Gasteiger partial charge in [0.25, 0.3) is 5.91 Å². The molecule has 2 heterocycles. The Morgan fingerprint density at radius 1 is 1.00 bits per heavy atom. The molecule has 2 fully saturated rings. The molecule has 2 amide bonds. The van der Waals surface area contributed by atoms with Crippen LogP contribution in [0.5, 0.6) is 5.75 Å². The van der Waals surface area contributed by atoms with E-state index in [-0.39, 0.29) is 11.8 Å². The van der Waals surface area contributed by atoms with Gasteiger partial charge in [0.15, 0.2) is 0 Å². The van der Waals surface area contributed by atoms with Gasteiger partial charge in [-0.25, -0.2) is 0 Å². The van der Waals surface area contributed by atoms with E-state index in [0.29, 0.717) is 24.3 Å². The first-order valence-corrected chi connectivity index (χ1v) is 11.8. The van der Waals surface area contributed by atoms with E-state index < -0.39 is 0 Å². The van der Waals surface area contributed by atoms with Crippen molar-refractivity contribution in [2.75, 3.05) is 32.8 Å². The van der Waals surface area contributed by atoms with E-state index in [2.05, 4.69) is 20.8 Å². The lowest BCUT2D eigenvalue weighted by Gasteiger charge is -2.34. The van der Waals surface area contributed by atoms with Crippen LogP contribution in [-0.2, 0) is 4.79 Å². The number of nitrogens with zero attached hydrogens (tertiary/aromatic N) is 2. The molecule has 0 N–H and O–H groups in total. The molecule has 30 heavy (non-hydrogen) atoms. The highest BCUT2D eigenvalue weighted by Gasteiger charge is 2.27. The van der Waals surface area contributed by atoms with E-state index >= 15 is 0 Å². The molecule has 0 spiro atoms. The molecular weight excluding hydrogens is 376 g/mol. The van der Waals surface area contributed by atoms with E-state index in [4.69, 9.17) is 4.74 Å². The maximum Gasteiger partial charge on any atom is 0.253 e. The van der Waals surface area contributed by atoms with Crippen molar-refractivity contribution >= 4 is 11.8 Å². The van der Waals surface area contributed by atoms with Gasteiger partial charge >= 0.3 is 0 Å². The van der Waals surface area contributed by atoms with Crippen LogP contribution in [0.25, 0.3) is 0 Å². The number of benzene rings is 1. The first-order chi connectivity index (χ1) is 14.5. The fraction of sp³-hybridized carbons (Fsp3) is 0.680. The highest BCUT2D eigenvalue weighted by Crippen LogP contribution is 2.23. The average molecular weight is 415 g/mol. The van der Waals surface area contributed by atoms with Crippen molar-refractivity contribution in [1.82, 2.24) is 9.80 Å². The minimum Gasteiger partial charge on any atom is -0.493 e. The summed E-state index contributed by atoms with van der Waals surface area (Å²) in [5, 5.41) is 0. The standard InChI is InChI=1S/C25H38N2O3/c1-4-21(5-2)24(28)27-14-6-7-20(17-27)18-30-23-10-8-22(9-11-23)25(29)26-15-12-19(3)13-16-26/h8-11,19-21H,4-7,12-18H2,1-3H3. The van der Waals surface area contributed by atoms with Crippen LogP contribution in [0.2, 0.25) is 0 Å². The summed E-state index contributed by atoms with van der Waals surface area (Å²) in [6.45, 7) is 10.4. The predicted molar refractivity (Wildman–Crippen MR) is 120 cm³/mol. The Labute approximate surface area is 181 Å². The minimum absolute atomic E-state index is 0.122. The van der Waals surface area contributed by atoms with Gasteiger partial charge in [-0.05, 0) is 68.7 Å². The van der Waals surface area contributed by atoms with Gasteiger partial charge in [0, 0.05) is 43.6 Å². The van der Waals surface area contributed by atoms with Crippen LogP contribution < -0.4 is 4.74 Å². The zero-order valence-corrected chi connectivity index (χ0v) is 18.9. The highest BCUT2D eigenvalue weighted by atomic mass is 16.5. The molecule has 2 aliphatic heterocycles. The van der Waals surface area contributed by atoms with Crippen LogP contribution in [0.3, 0.4) is 0 Å². The average Bonchev–Trinajstić information content (AvgIpc) is 2.79. The number of rotatable bonds is 7. The van der Waals surface area contributed by atoms with Crippen LogP contribution in [-0.4, -0.2) is 54.4 Å². The number of hydrogen-bond donors (Lipinski definition) is 0. The van der Waals surface area contributed by atoms with Crippen molar-refractivity contribution in [3.8, 4) is 5.75 Å². The summed E-state index contributed by atoms with van der Waals surface area (Å²) in [4.78, 5) is 29.4. The van der Waals surface area contributed by atoms with Crippen molar-refractivity contribution in [2.45, 2.75) is 59.3 Å². The molecule has 1 atom stereocenters. The molecule has 2 saturated heterocycles. The highest BCUT2D eigenvalue weighted by molar-refractivity contribution is 5.94. The lowest BCUT2D eigenvalue weighted by atomic mass is 9.95. The predicted octanol–water partition coefficient (Wildman–Crippen LogP) is 4.61. The Kier molecular flexibility index (Phi) is 8.17. The zero-order valence-electron chi connectivity index (χ0n) is 18.9. The smallest absolute Gasteiger partial charge is 0.253 e. The van der Waals surface area contributed by atoms with Gasteiger partial charge in [0.05, 0.1) is 6.61 Å². The van der Waals surface area contributed by atoms with Gasteiger partial charge in [-0.1, -0.05) is 20.8 Å². The van der Waals surface area contributed by atoms with Gasteiger partial charge in [0.1, 0.15) is 5.75 Å². The Morgan fingerprint density at radius 3 is 2.30 bits per heavy atom. The molecule has 0 bridgehead atoms. The molecule has 1 aromatic carbocycles. The molecule has 3 rings (SSSR count). The van der Waals surface area contributed by atoms with Gasteiger partial charge in [-0.3, -0.25) is 9.59 Å². The molecule has 0 saturated carbocycles. The summed E-state index contributed by atoms with van der Waals surface area (Å²) in [7, 11) is 0. The Bertz CT molecular complexity index is 691. The summed E-state index contributed by atoms with van der Waals surface area (Å²) >= 11 is 0. The summed E-state index contributed by atoms with van der Waals surface area (Å²) in [6.07, 6.45) is 6.14. The largest absolute Gasteiger partial charge is 0.493 e. The number of hydrogen-bond acceptors (Lipinski definition) is 3. The second kappa shape index (κ2) is 10.8. The summed E-state index contributed by atoms with van der Waals surface area (Å²) in [6, 6.07) is 7.55. The summed E-state index contributed by atoms with van der Waals surface area (Å²) < 4.78 is 6.02. The Morgan fingerprint density at radius 2 is 1.67 bits per heavy atom. The number of carbonyl (C=O) groups is 2. The third-order valence-corrected chi connectivity index (χ3v) is 6.82. The number of likely N-dealkylation sites (tertiary alicyclic amines) is 2. The normalized spacial score (nSPS) is 20.5. The first-order valence-electron chi connectivity index (χ1n) is 11.8. The molecule has 0 aromatic heterocycles. The van der Waals surface area contributed by atoms with E-state index in [1.54, 1.807) is 0 Å². The lowest BCUT2D eigenvalue weighted by molar-refractivity contribution is -0.137. The quantitative estimate of drug-likeness (QED) is 0.654. The van der Waals surface area contributed by atoms with Gasteiger partial charge in [-0.2, -0.15) is 0 Å². The van der Waals surface area contributed by atoms with Crippen LogP contribution >= 0.6 is 0 Å². The number of ether oxygens (including phenoxy) is 1. The van der Waals surface area contributed by atoms with Gasteiger partial charge < -0.3 is 14.5 Å². The molecule has 5 heteroatoms. The van der Waals surface area contributed by atoms with Gasteiger partial charge in [0.2, 0.25) is 5.91 Å². The molecule has 0 radical (unpaired) electrons. The summed E-state index contributed by atoms with van der Waals surface area (Å²) in [5.74, 6) is 2.45. The van der Waals surface area contributed by atoms with Crippen molar-refractivity contribution in [2.24, 2.45) is 17.8 Å². The molecule has 0 aliphatic carbocycles. The van der Waals surface area contributed by atoms with E-state index in [1.165, 1.54) is 0 Å². The number of piperidine rings is 2. The fourth-order valence-electron chi connectivity index (χ4n) is 4.60. The molecule has 5 nitrogen and oxygen atoms in total. The third-order valence-electron chi connectivity index (χ3n) is 6.82. The monoisotopic (exact) mass is 414 g/mol. The molecule has 1 aromatic rings. The molecule has 166 valence electrons. The SMILES string of the molecule is CCC(CC)C(=O)N1CCCC(COc2ccc(C(=O)N3CCC(C)CC3)cc2)C1. The Balaban J connectivity index is 1.49. The molecular formula is C25H38N2O3. The van der Waals surface area contributed by atoms with Crippen molar-refractivity contribution in [3.63, 3.8) is 0 Å². The number of amides is 2. The minimum atomic E-state index is 0.122. The molecule has 1 unspecified atom stereocenters. The van der Waals surface area contributed by atoms with Crippen molar-refractivity contribution in [3.05, 3.63) is 29.8 Å². The van der Waals surface area contributed by atoms with E-state index in [9.17, 15) is 9.59 Å². The van der Waals surface area contributed by atoms with Gasteiger partial charge in [-0.15, -0.1) is 0 Å². The van der Waals surface area contributed by atoms with Crippen molar-refractivity contribution < 1.29 is 14.3 Å². The summed E-state index contributed by atoms with van der Waals surface area (Å²) in [5.41, 5.74) is 0.733. The maximum atomic E-state index is 12.7. The van der Waals surface area contributed by atoms with Crippen LogP contribution in [0.1, 0.15) is 69.7 Å². The second-order valence-electron chi connectivity index (χ2n) is 9.12. The first kappa shape index (κ1) is 22.6. The fourth-order valence-corrected chi connectivity index (χ4v) is 4.60. The number of carbonyl (C=O) groups excluding carboxylic acids is 2. The maximum absolute atomic E-state index is 12.7. The Hall–Kier alpha value is -2.04. The lowest BCUT2D eigenvalue weighted by Crippen LogP contribution is -2.44. The topological polar surface area (TPSA) is 49.9 Å². The van der Waals surface area contributed by atoms with Crippen LogP contribution in [0.15, 0.2) is 24.3 Å².